The van der Waals surface area contributed by atoms with Crippen molar-refractivity contribution in [2.24, 2.45) is 4.99 Å². The zero-order chi connectivity index (χ0) is 21.5. The molecule has 3 rings (SSSR count). The minimum atomic E-state index is -0.194. The van der Waals surface area contributed by atoms with Crippen molar-refractivity contribution >= 4 is 58.2 Å². The molecule has 0 saturated carbocycles. The number of furan rings is 1. The summed E-state index contributed by atoms with van der Waals surface area (Å²) < 4.78 is 5.43. The van der Waals surface area contributed by atoms with Crippen LogP contribution in [0.15, 0.2) is 75.2 Å². The van der Waals surface area contributed by atoms with Gasteiger partial charge in [-0.05, 0) is 59.8 Å². The number of carbonyl (C=O) groups is 1. The highest BCUT2D eigenvalue weighted by atomic mass is 35.5. The molecule has 0 unspecified atom stereocenters. The van der Waals surface area contributed by atoms with Crippen molar-refractivity contribution in [1.29, 1.82) is 0 Å². The summed E-state index contributed by atoms with van der Waals surface area (Å²) in [5.74, 6) is 0.577. The van der Waals surface area contributed by atoms with E-state index in [9.17, 15) is 9.90 Å². The number of para-hydroxylation sites is 1. The van der Waals surface area contributed by atoms with E-state index in [1.807, 2.05) is 54.4 Å². The minimum absolute atomic E-state index is 0.108. The molecular weight excluding hydrogens is 443 g/mol. The number of aliphatic imine (C=N–C) groups is 1. The van der Waals surface area contributed by atoms with Crippen molar-refractivity contribution < 1.29 is 14.3 Å². The Morgan fingerprint density at radius 3 is 2.47 bits per heavy atom. The summed E-state index contributed by atoms with van der Waals surface area (Å²) in [6.45, 7) is 0.481. The number of carbonyl (C=O) groups excluding carboxylic acids is 1. The summed E-state index contributed by atoms with van der Waals surface area (Å²) in [5.41, 5.74) is 1.34. The van der Waals surface area contributed by atoms with E-state index >= 15 is 0 Å². The molecule has 0 saturated heterocycles. The highest BCUT2D eigenvalue weighted by Gasteiger charge is 2.14. The number of phenolic OH excluding ortho intramolecular Hbond substituents is 1. The highest BCUT2D eigenvalue weighted by Crippen LogP contribution is 2.34. The van der Waals surface area contributed by atoms with Gasteiger partial charge in [0, 0.05) is 7.05 Å². The van der Waals surface area contributed by atoms with Gasteiger partial charge in [0.15, 0.2) is 17.2 Å². The molecule has 1 N–H and O–H groups in total. The molecule has 0 amide bonds. The van der Waals surface area contributed by atoms with E-state index in [-0.39, 0.29) is 15.8 Å². The van der Waals surface area contributed by atoms with E-state index in [0.29, 0.717) is 22.2 Å². The molecule has 0 aliphatic carbocycles. The summed E-state index contributed by atoms with van der Waals surface area (Å²) in [7, 11) is 1.87. The van der Waals surface area contributed by atoms with Crippen molar-refractivity contribution in [3.8, 4) is 5.75 Å². The lowest BCUT2D eigenvalue weighted by atomic mass is 10.2. The van der Waals surface area contributed by atoms with Gasteiger partial charge in [0.05, 0.1) is 33.4 Å². The summed E-state index contributed by atoms with van der Waals surface area (Å²) in [6.07, 6.45) is 3.98. The average molecular weight is 461 g/mol. The second-order valence-electron chi connectivity index (χ2n) is 6.27. The van der Waals surface area contributed by atoms with Gasteiger partial charge in [0.2, 0.25) is 0 Å². The maximum atomic E-state index is 11.8. The van der Waals surface area contributed by atoms with Crippen molar-refractivity contribution in [1.82, 2.24) is 4.90 Å². The highest BCUT2D eigenvalue weighted by molar-refractivity contribution is 8.17. The van der Waals surface area contributed by atoms with Gasteiger partial charge in [-0.25, -0.2) is 4.99 Å². The van der Waals surface area contributed by atoms with Gasteiger partial charge >= 0.3 is 0 Å². The van der Waals surface area contributed by atoms with E-state index in [2.05, 4.69) is 4.99 Å². The van der Waals surface area contributed by atoms with Crippen LogP contribution in [0.2, 0.25) is 10.0 Å². The Morgan fingerprint density at radius 1 is 1.17 bits per heavy atom. The lowest BCUT2D eigenvalue weighted by Crippen LogP contribution is -2.23. The molecule has 0 aliphatic heterocycles. The molecule has 154 valence electrons. The molecule has 1 heterocycles. The first-order valence-corrected chi connectivity index (χ1v) is 10.4. The number of aromatic hydroxyl groups is 1. The summed E-state index contributed by atoms with van der Waals surface area (Å²) in [6, 6.07) is 16.2. The minimum Gasteiger partial charge on any atom is -0.505 e. The zero-order valence-electron chi connectivity index (χ0n) is 16.0. The number of aldehydes is 1. The van der Waals surface area contributed by atoms with E-state index in [0.717, 1.165) is 17.7 Å². The number of halogens is 2. The lowest BCUT2D eigenvalue weighted by Gasteiger charge is -2.19. The molecule has 0 radical (unpaired) electrons. The number of thioether (sulfide) groups is 1. The Morgan fingerprint density at radius 2 is 1.87 bits per heavy atom. The summed E-state index contributed by atoms with van der Waals surface area (Å²) in [5, 5.41) is 10.6. The van der Waals surface area contributed by atoms with Crippen molar-refractivity contribution in [2.45, 2.75) is 6.54 Å². The van der Waals surface area contributed by atoms with Crippen LogP contribution in [-0.4, -0.2) is 28.5 Å². The van der Waals surface area contributed by atoms with Crippen LogP contribution in [0.3, 0.4) is 0 Å². The molecule has 3 aromatic rings. The third-order valence-corrected chi connectivity index (χ3v) is 5.57. The zero-order valence-corrected chi connectivity index (χ0v) is 18.3. The molecule has 2 aromatic carbocycles. The van der Waals surface area contributed by atoms with Crippen LogP contribution in [-0.2, 0) is 11.3 Å². The predicted molar refractivity (Wildman–Crippen MR) is 123 cm³/mol. The first-order valence-electron chi connectivity index (χ1n) is 8.86. The first-order chi connectivity index (χ1) is 14.5. The fourth-order valence-corrected chi connectivity index (χ4v) is 3.86. The number of nitrogens with zero attached hydrogens (tertiary/aromatic N) is 2. The second kappa shape index (κ2) is 10.4. The number of hydrogen-bond acceptors (Lipinski definition) is 5. The van der Waals surface area contributed by atoms with Gasteiger partial charge in [-0.3, -0.25) is 4.79 Å². The normalized spacial score (nSPS) is 12.1. The number of phenols is 1. The van der Waals surface area contributed by atoms with Crippen LogP contribution < -0.4 is 0 Å². The Bertz CT molecular complexity index is 1040. The molecular formula is C22H18Cl2N2O3S. The first kappa shape index (κ1) is 22.0. The molecule has 0 atom stereocenters. The molecule has 8 heteroatoms. The largest absolute Gasteiger partial charge is 0.505 e. The van der Waals surface area contributed by atoms with Gasteiger partial charge in [-0.15, -0.1) is 0 Å². The quantitative estimate of drug-likeness (QED) is 0.200. The third kappa shape index (κ3) is 5.92. The number of amidine groups is 1. The number of benzene rings is 2. The molecule has 30 heavy (non-hydrogen) atoms. The van der Waals surface area contributed by atoms with Crippen LogP contribution in [0.4, 0.5) is 5.69 Å². The third-order valence-electron chi connectivity index (χ3n) is 3.95. The van der Waals surface area contributed by atoms with Crippen LogP contribution in [0, 0.1) is 0 Å². The molecule has 0 bridgehead atoms. The standard InChI is InChI=1S/C22H18Cl2N2O3S/c1-26(13-17-8-5-9-29-17)22(25-16-6-3-2-4-7-16)30-18(14-27)10-15-11-19(23)21(28)20(24)12-15/h2-12,14,28H,13H2,1H3/b18-10-,25-22-. The summed E-state index contributed by atoms with van der Waals surface area (Å²) in [4.78, 5) is 18.8. The van der Waals surface area contributed by atoms with Crippen molar-refractivity contribution in [3.05, 3.63) is 87.1 Å². The monoisotopic (exact) mass is 460 g/mol. The Kier molecular flexibility index (Phi) is 7.63. The number of allylic oxidation sites excluding steroid dienone is 1. The predicted octanol–water partition coefficient (Wildman–Crippen LogP) is 6.38. The van der Waals surface area contributed by atoms with Gasteiger partial charge in [-0.2, -0.15) is 0 Å². The van der Waals surface area contributed by atoms with Crippen LogP contribution in [0.1, 0.15) is 11.3 Å². The number of hydrogen-bond donors (Lipinski definition) is 1. The smallest absolute Gasteiger partial charge is 0.169 e. The molecule has 1 aromatic heterocycles. The average Bonchev–Trinajstić information content (AvgIpc) is 3.24. The van der Waals surface area contributed by atoms with E-state index < -0.39 is 0 Å². The molecule has 0 aliphatic rings. The lowest BCUT2D eigenvalue weighted by molar-refractivity contribution is -0.104. The fraction of sp³-hybridized carbons (Fsp3) is 0.0909. The van der Waals surface area contributed by atoms with Gasteiger partial charge in [0.25, 0.3) is 0 Å². The molecule has 0 fully saturated rings. The van der Waals surface area contributed by atoms with Gasteiger partial charge in [0.1, 0.15) is 5.76 Å². The van der Waals surface area contributed by atoms with E-state index in [1.165, 1.54) is 23.9 Å². The maximum absolute atomic E-state index is 11.8. The molecule has 0 spiro atoms. The van der Waals surface area contributed by atoms with Gasteiger partial charge < -0.3 is 14.4 Å². The van der Waals surface area contributed by atoms with Crippen LogP contribution in [0.5, 0.6) is 5.75 Å². The van der Waals surface area contributed by atoms with Crippen molar-refractivity contribution in [3.63, 3.8) is 0 Å². The Balaban J connectivity index is 1.92. The summed E-state index contributed by atoms with van der Waals surface area (Å²) >= 11 is 13.2. The maximum Gasteiger partial charge on any atom is 0.169 e. The van der Waals surface area contributed by atoms with Gasteiger partial charge in [-0.1, -0.05) is 41.4 Å². The topological polar surface area (TPSA) is 66.0 Å². The van der Waals surface area contributed by atoms with E-state index in [4.69, 9.17) is 27.6 Å². The second-order valence-corrected chi connectivity index (χ2v) is 8.12. The Labute approximate surface area is 188 Å². The number of rotatable bonds is 6. The fourth-order valence-electron chi connectivity index (χ4n) is 2.53. The van der Waals surface area contributed by atoms with E-state index in [1.54, 1.807) is 12.3 Å². The molecule has 5 nitrogen and oxygen atoms in total. The SMILES string of the molecule is CN(Cc1ccco1)/C(=N/c1ccccc1)S/C(C=O)=C\c1cc(Cl)c(O)c(Cl)c1. The van der Waals surface area contributed by atoms with Crippen molar-refractivity contribution in [2.75, 3.05) is 7.05 Å². The van der Waals surface area contributed by atoms with Crippen LogP contribution >= 0.6 is 35.0 Å². The van der Waals surface area contributed by atoms with Crippen LogP contribution in [0.25, 0.3) is 6.08 Å². The Hall–Kier alpha value is -2.67.